The lowest BCUT2D eigenvalue weighted by molar-refractivity contribution is -0.422. The Bertz CT molecular complexity index is 590. The molecule has 0 aliphatic rings. The van der Waals surface area contributed by atoms with Crippen molar-refractivity contribution in [3.8, 4) is 0 Å². The number of hydrogen-bond donors (Lipinski definition) is 3. The molecule has 1 atom stereocenters. The number of nitro benzene ring substituents is 2. The van der Waals surface area contributed by atoms with E-state index in [4.69, 9.17) is 22.4 Å². The van der Waals surface area contributed by atoms with Crippen molar-refractivity contribution in [2.24, 2.45) is 5.73 Å². The molecule has 0 aliphatic heterocycles. The number of nitrogens with two attached hydrogens (primary N) is 1. The van der Waals surface area contributed by atoms with E-state index in [-0.39, 0.29) is 5.02 Å². The van der Waals surface area contributed by atoms with Crippen LogP contribution in [-0.4, -0.2) is 31.7 Å². The van der Waals surface area contributed by atoms with E-state index < -0.39 is 38.0 Å². The number of carboxylic acids is 1. The van der Waals surface area contributed by atoms with Gasteiger partial charge in [-0.1, -0.05) is 17.7 Å². The molecule has 0 aromatic heterocycles. The van der Waals surface area contributed by atoms with Crippen LogP contribution >= 0.6 is 24.2 Å². The van der Waals surface area contributed by atoms with Gasteiger partial charge in [0.25, 0.3) is 0 Å². The van der Waals surface area contributed by atoms with Gasteiger partial charge < -0.3 is 10.8 Å². The molecule has 22 heavy (non-hydrogen) atoms. The normalized spacial score (nSPS) is 11.9. The van der Waals surface area contributed by atoms with E-state index in [1.807, 2.05) is 0 Å². The Morgan fingerprint density at radius 1 is 1.36 bits per heavy atom. The summed E-state index contributed by atoms with van der Waals surface area (Å²) in [5.41, 5.74) is 3.95. The Hall–Kier alpha value is -1.91. The Morgan fingerprint density at radius 3 is 2.09 bits per heavy atom. The lowest BCUT2D eigenvalue weighted by atomic mass is 10.1. The Morgan fingerprint density at radius 2 is 1.86 bits per heavy atom. The molecule has 3 N–H and O–H groups in total. The van der Waals surface area contributed by atoms with Crippen LogP contribution in [0.2, 0.25) is 5.02 Å². The van der Waals surface area contributed by atoms with Gasteiger partial charge >= 0.3 is 17.3 Å². The quantitative estimate of drug-likeness (QED) is 0.427. The molecule has 0 fully saturated rings. The predicted molar refractivity (Wildman–Crippen MR) is 83.4 cm³/mol. The molecule has 11 heteroatoms. The van der Waals surface area contributed by atoms with Crippen LogP contribution in [0.4, 0.5) is 11.4 Å². The van der Waals surface area contributed by atoms with E-state index >= 15 is 0 Å². The third-order valence-electron chi connectivity index (χ3n) is 2.37. The number of nitro groups is 2. The van der Waals surface area contributed by atoms with Gasteiger partial charge in [0.15, 0.2) is 0 Å². The van der Waals surface area contributed by atoms with Crippen molar-refractivity contribution in [2.75, 3.05) is 0 Å². The van der Waals surface area contributed by atoms with E-state index in [0.717, 1.165) is 6.07 Å². The summed E-state index contributed by atoms with van der Waals surface area (Å²) in [6.45, 7) is 3.32. The smallest absolute Gasteiger partial charge is 0.364 e. The van der Waals surface area contributed by atoms with Crippen LogP contribution in [0.25, 0.3) is 0 Å². The highest BCUT2D eigenvalue weighted by Gasteiger charge is 2.28. The predicted octanol–water partition coefficient (Wildman–Crippen LogP) is 2.26. The molecular weight excluding hydrogens is 338 g/mol. The molecule has 0 amide bonds. The standard InChI is InChI=1S/C6H3ClN2O4.C5H11NO2S/c7-4-2-1-3-5(8(10)11)6(4)9(12)13;1-5(2,9)3(6)4(7)8/h1-3H;3,9H,6H2,1-2H3,(H,7,8)/t;3-/m.1/s1. The Kier molecular flexibility index (Phi) is 7.23. The number of carboxylic acid groups (broad SMARTS) is 1. The van der Waals surface area contributed by atoms with Crippen molar-refractivity contribution < 1.29 is 19.7 Å². The molecular formula is C11H14ClN3O6S. The van der Waals surface area contributed by atoms with Crippen molar-refractivity contribution in [2.45, 2.75) is 24.6 Å². The van der Waals surface area contributed by atoms with Crippen LogP contribution in [0.1, 0.15) is 13.8 Å². The van der Waals surface area contributed by atoms with Gasteiger partial charge in [-0.15, -0.1) is 0 Å². The molecule has 0 unspecified atom stereocenters. The SMILES string of the molecule is CC(C)(S)[C@H](N)C(=O)O.O=[N+]([O-])c1cccc(Cl)c1[N+](=O)[O-]. The van der Waals surface area contributed by atoms with Gasteiger partial charge in [0.2, 0.25) is 0 Å². The summed E-state index contributed by atoms with van der Waals surface area (Å²) in [5, 5.41) is 28.8. The maximum Gasteiger partial charge on any atom is 0.364 e. The summed E-state index contributed by atoms with van der Waals surface area (Å²) in [5.74, 6) is -1.02. The maximum atomic E-state index is 10.4. The molecule has 9 nitrogen and oxygen atoms in total. The lowest BCUT2D eigenvalue weighted by Gasteiger charge is -2.21. The lowest BCUT2D eigenvalue weighted by Crippen LogP contribution is -2.45. The summed E-state index contributed by atoms with van der Waals surface area (Å²) < 4.78 is -0.647. The van der Waals surface area contributed by atoms with Crippen molar-refractivity contribution in [3.05, 3.63) is 43.5 Å². The number of halogens is 1. The Labute approximate surface area is 135 Å². The van der Waals surface area contributed by atoms with Gasteiger partial charge in [0.1, 0.15) is 11.1 Å². The fourth-order valence-electron chi connectivity index (χ4n) is 1.13. The molecule has 0 heterocycles. The number of hydrogen-bond acceptors (Lipinski definition) is 7. The maximum absolute atomic E-state index is 10.4. The molecule has 0 saturated carbocycles. The summed E-state index contributed by atoms with van der Waals surface area (Å²) >= 11 is 9.41. The monoisotopic (exact) mass is 351 g/mol. The summed E-state index contributed by atoms with van der Waals surface area (Å²) in [7, 11) is 0. The fourth-order valence-corrected chi connectivity index (χ4v) is 1.48. The van der Waals surface area contributed by atoms with Crippen LogP contribution in [0.3, 0.4) is 0 Å². The van der Waals surface area contributed by atoms with Crippen molar-refractivity contribution >= 4 is 41.6 Å². The van der Waals surface area contributed by atoms with Gasteiger partial charge in [-0.3, -0.25) is 25.0 Å². The third-order valence-corrected chi connectivity index (χ3v) is 2.96. The second-order valence-electron chi connectivity index (χ2n) is 4.59. The molecule has 1 rings (SSSR count). The molecule has 0 radical (unpaired) electrons. The van der Waals surface area contributed by atoms with Gasteiger partial charge in [-0.2, -0.15) is 12.6 Å². The number of nitrogens with zero attached hydrogens (tertiary/aromatic N) is 2. The highest BCUT2D eigenvalue weighted by molar-refractivity contribution is 7.81. The molecule has 122 valence electrons. The highest BCUT2D eigenvalue weighted by Crippen LogP contribution is 2.33. The number of thiol groups is 1. The first-order chi connectivity index (χ1) is 9.89. The van der Waals surface area contributed by atoms with Crippen molar-refractivity contribution in [1.82, 2.24) is 0 Å². The molecule has 0 bridgehead atoms. The van der Waals surface area contributed by atoms with E-state index in [1.54, 1.807) is 13.8 Å². The number of para-hydroxylation sites is 1. The molecule has 0 aliphatic carbocycles. The zero-order valence-electron chi connectivity index (χ0n) is 11.6. The second-order valence-corrected chi connectivity index (χ2v) is 6.15. The first-order valence-electron chi connectivity index (χ1n) is 5.67. The van der Waals surface area contributed by atoms with Crippen LogP contribution < -0.4 is 5.73 Å². The van der Waals surface area contributed by atoms with Crippen LogP contribution in [0.15, 0.2) is 18.2 Å². The van der Waals surface area contributed by atoms with Crippen molar-refractivity contribution in [1.29, 1.82) is 0 Å². The van der Waals surface area contributed by atoms with E-state index in [9.17, 15) is 25.0 Å². The van der Waals surface area contributed by atoms with E-state index in [1.165, 1.54) is 12.1 Å². The number of benzene rings is 1. The summed E-state index contributed by atoms with van der Waals surface area (Å²) in [6.07, 6.45) is 0. The fraction of sp³-hybridized carbons (Fsp3) is 0.364. The van der Waals surface area contributed by atoms with Gasteiger partial charge in [0.05, 0.1) is 9.85 Å². The van der Waals surface area contributed by atoms with Crippen molar-refractivity contribution in [3.63, 3.8) is 0 Å². The molecule has 1 aromatic rings. The summed E-state index contributed by atoms with van der Waals surface area (Å²) in [6, 6.07) is 2.64. The van der Waals surface area contributed by atoms with Crippen LogP contribution in [-0.2, 0) is 4.79 Å². The van der Waals surface area contributed by atoms with E-state index in [2.05, 4.69) is 12.6 Å². The van der Waals surface area contributed by atoms with Crippen LogP contribution in [0.5, 0.6) is 0 Å². The minimum atomic E-state index is -1.02. The number of carbonyl (C=O) groups is 1. The minimum absolute atomic E-state index is 0.237. The summed E-state index contributed by atoms with van der Waals surface area (Å²) in [4.78, 5) is 29.1. The van der Waals surface area contributed by atoms with Crippen LogP contribution in [0, 0.1) is 20.2 Å². The zero-order valence-corrected chi connectivity index (χ0v) is 13.2. The van der Waals surface area contributed by atoms with Gasteiger partial charge in [-0.25, -0.2) is 0 Å². The first-order valence-corrected chi connectivity index (χ1v) is 6.50. The van der Waals surface area contributed by atoms with E-state index in [0.29, 0.717) is 0 Å². The largest absolute Gasteiger partial charge is 0.480 e. The molecule has 0 spiro atoms. The minimum Gasteiger partial charge on any atom is -0.480 e. The molecule has 1 aromatic carbocycles. The molecule has 0 saturated heterocycles. The zero-order chi connectivity index (χ0) is 17.7. The highest BCUT2D eigenvalue weighted by atomic mass is 35.5. The van der Waals surface area contributed by atoms with Gasteiger partial charge in [-0.05, 0) is 19.9 Å². The first kappa shape index (κ1) is 20.1. The Balaban J connectivity index is 0.000000433. The topological polar surface area (TPSA) is 150 Å². The third kappa shape index (κ3) is 5.84. The van der Waals surface area contributed by atoms with Gasteiger partial charge in [0, 0.05) is 10.8 Å². The average molecular weight is 352 g/mol. The number of rotatable bonds is 4. The second kappa shape index (κ2) is 7.92. The average Bonchev–Trinajstić information content (AvgIpc) is 2.36. The number of aliphatic carboxylic acids is 1.